The molecular weight excluding hydrogens is 1060 g/mol. The maximum atomic E-state index is 16.1. The van der Waals surface area contributed by atoms with Gasteiger partial charge >= 0.3 is 0 Å². The second-order valence-corrected chi connectivity index (χ2v) is 19.1. The number of aromatic nitrogens is 2. The van der Waals surface area contributed by atoms with Gasteiger partial charge < -0.3 is 43.7 Å². The summed E-state index contributed by atoms with van der Waals surface area (Å²) in [6, 6.07) is 52.6. The smallest absolute Gasteiger partial charge is 0.263 e. The molecule has 0 aliphatic heterocycles. The molecule has 8 aromatic carbocycles. The molecule has 0 aliphatic rings. The van der Waals surface area contributed by atoms with E-state index in [1.807, 2.05) is 172 Å². The number of rotatable bonds is 14. The molecule has 11 heteroatoms. The molecule has 4 N–H and O–H groups in total. The molecule has 0 radical (unpaired) electrons. The molecule has 10 aromatic rings. The van der Waals surface area contributed by atoms with Crippen LogP contribution in [0, 0.1) is 65.8 Å². The van der Waals surface area contributed by atoms with Gasteiger partial charge in [0.1, 0.15) is 41.2 Å². The van der Waals surface area contributed by atoms with Gasteiger partial charge in [0, 0.05) is 120 Å². The van der Waals surface area contributed by atoms with E-state index in [9.17, 15) is 10.2 Å². The van der Waals surface area contributed by atoms with Gasteiger partial charge in [0.2, 0.25) is 0 Å². The van der Waals surface area contributed by atoms with Crippen LogP contribution in [0.2, 0.25) is 0 Å². The van der Waals surface area contributed by atoms with Crippen molar-refractivity contribution in [3.8, 4) is 101 Å². The molecule has 0 spiro atoms. The molecule has 0 saturated carbocycles. The number of hydrogen-bond acceptors (Lipinski definition) is 2. The van der Waals surface area contributed by atoms with E-state index < -0.39 is 35.5 Å². The molecule has 0 fully saturated rings. The minimum Gasteiger partial charge on any atom is -0.580 e. The third-order valence-corrected chi connectivity index (χ3v) is 14.0. The summed E-state index contributed by atoms with van der Waals surface area (Å²) in [6.45, 7) is 11.5. The molecule has 0 bridgehead atoms. The van der Waals surface area contributed by atoms with Crippen molar-refractivity contribution in [1.29, 1.82) is 0 Å². The van der Waals surface area contributed by atoms with Crippen LogP contribution < -0.4 is 0 Å². The summed E-state index contributed by atoms with van der Waals surface area (Å²) in [5, 5.41) is 24.5. The van der Waals surface area contributed by atoms with Crippen molar-refractivity contribution in [2.75, 3.05) is 0 Å². The first-order chi connectivity index (χ1) is 36.2. The fourth-order valence-corrected chi connectivity index (χ4v) is 10.9. The van der Waals surface area contributed by atoms with Crippen LogP contribution in [0.4, 0.5) is 17.6 Å². The Labute approximate surface area is 474 Å². The van der Waals surface area contributed by atoms with Crippen LogP contribution in [0.15, 0.2) is 182 Å². The van der Waals surface area contributed by atoms with Gasteiger partial charge in [-0.05, 0) is 86.3 Å². The van der Waals surface area contributed by atoms with Gasteiger partial charge in [-0.25, -0.2) is 17.6 Å². The molecule has 0 amide bonds. The zero-order chi connectivity index (χ0) is 52.7. The van der Waals surface area contributed by atoms with E-state index in [0.717, 1.165) is 67.3 Å². The number of phenolic OH excluding ortho intramolecular Hbond substituents is 2. The van der Waals surface area contributed by atoms with E-state index in [0.29, 0.717) is 17.9 Å². The Kier molecular flexibility index (Phi) is 17.9. The predicted octanol–water partition coefficient (Wildman–Crippen LogP) is 17.7. The van der Waals surface area contributed by atoms with Crippen LogP contribution in [0.1, 0.15) is 43.0 Å². The summed E-state index contributed by atoms with van der Waals surface area (Å²) in [5.74, 6) is -2.33. The van der Waals surface area contributed by atoms with Gasteiger partial charge in [-0.15, -0.1) is 0 Å². The van der Waals surface area contributed by atoms with E-state index in [1.165, 1.54) is 60.7 Å². The Hall–Kier alpha value is -7.88. The number of aliphatic hydroxyl groups is 2. The van der Waals surface area contributed by atoms with Crippen molar-refractivity contribution in [2.45, 2.75) is 60.2 Å². The zero-order valence-electron chi connectivity index (χ0n) is 44.9. The van der Waals surface area contributed by atoms with Crippen molar-refractivity contribution in [3.05, 3.63) is 243 Å². The quantitative estimate of drug-likeness (QED) is 0.0647. The van der Waals surface area contributed by atoms with Crippen LogP contribution in [0.5, 0.6) is 23.0 Å². The molecule has 0 unspecified atom stereocenters. The fourth-order valence-electron chi connectivity index (χ4n) is 10.9. The van der Waals surface area contributed by atoms with Gasteiger partial charge in [-0.2, -0.15) is 0 Å². The zero-order valence-corrected chi connectivity index (χ0v) is 47.3. The summed E-state index contributed by atoms with van der Waals surface area (Å²) < 4.78 is 76.4. The number of ether oxygens (including phenoxy) is 2. The number of benzene rings is 8. The average Bonchev–Trinajstić information content (AvgIpc) is 3.90. The third kappa shape index (κ3) is 11.1. The van der Waals surface area contributed by atoms with E-state index in [4.69, 9.17) is 9.47 Å². The molecule has 2 heterocycles. The number of aromatic hydroxyl groups is 4. The SMILES string of the molecule is Cc1c(-c2ccccc2)c(-c2ccccc2)c(C)n1-c1cc(F)cc(-c2cc(F)ccc2[OH+][C@H](C)C[C@H](C)[OH+]c2ccc(F)cc2-c2cc(F)cc(-n3c(C)c(-c4ccccc4)c(-c4ccccc4)c3C)c2O)c1O.[CH3-].[CH3-].[Zr]. The normalized spacial score (nSPS) is 11.7. The third-order valence-electron chi connectivity index (χ3n) is 14.0. The first-order valence-electron chi connectivity index (χ1n) is 24.9. The Morgan fingerprint density at radius 2 is 0.654 bits per heavy atom. The molecule has 10 rings (SSSR count). The maximum absolute atomic E-state index is 16.1. The summed E-state index contributed by atoms with van der Waals surface area (Å²) in [5.41, 5.74) is 11.5. The van der Waals surface area contributed by atoms with Gasteiger partial charge in [0.05, 0.1) is 22.5 Å². The second kappa shape index (κ2) is 24.2. The van der Waals surface area contributed by atoms with Crippen LogP contribution in [-0.4, -0.2) is 41.0 Å². The first-order valence-corrected chi connectivity index (χ1v) is 24.9. The summed E-state index contributed by atoms with van der Waals surface area (Å²) in [4.78, 5) is 0. The van der Waals surface area contributed by atoms with Crippen molar-refractivity contribution >= 4 is 0 Å². The number of phenols is 2. The average molecular weight is 1130 g/mol. The monoisotopic (exact) mass is 1120 g/mol. The molecule has 396 valence electrons. The van der Waals surface area contributed by atoms with E-state index >= 15 is 17.6 Å². The van der Waals surface area contributed by atoms with E-state index in [1.54, 1.807) is 0 Å². The Morgan fingerprint density at radius 1 is 0.385 bits per heavy atom. The molecule has 2 aromatic heterocycles. The molecule has 78 heavy (non-hydrogen) atoms. The number of hydrogen-bond donors (Lipinski definition) is 2. The van der Waals surface area contributed by atoms with Crippen molar-refractivity contribution in [3.63, 3.8) is 0 Å². The van der Waals surface area contributed by atoms with E-state index in [-0.39, 0.29) is 86.2 Å². The Morgan fingerprint density at radius 3 is 0.936 bits per heavy atom. The van der Waals surface area contributed by atoms with Crippen LogP contribution in [-0.2, 0) is 26.2 Å². The van der Waals surface area contributed by atoms with Gasteiger partial charge in [0.15, 0.2) is 12.2 Å². The van der Waals surface area contributed by atoms with E-state index in [2.05, 4.69) is 0 Å². The van der Waals surface area contributed by atoms with Gasteiger partial charge in [-0.1, -0.05) is 121 Å². The van der Waals surface area contributed by atoms with Gasteiger partial charge in [-0.3, -0.25) is 0 Å². The molecular formula is C67H62F4N2O4Zr. The molecule has 0 saturated heterocycles. The first kappa shape index (κ1) is 57.8. The van der Waals surface area contributed by atoms with Crippen molar-refractivity contribution < 1.29 is 63.5 Å². The molecule has 0 aliphatic carbocycles. The topological polar surface area (TPSA) is 75.9 Å². The van der Waals surface area contributed by atoms with Crippen LogP contribution >= 0.6 is 0 Å². The fraction of sp³-hybridized carbons (Fsp3) is 0.134. The number of halogens is 4. The second-order valence-electron chi connectivity index (χ2n) is 19.1. The summed E-state index contributed by atoms with van der Waals surface area (Å²) in [6.07, 6.45) is -0.587. The van der Waals surface area contributed by atoms with Crippen molar-refractivity contribution in [1.82, 2.24) is 9.13 Å². The summed E-state index contributed by atoms with van der Waals surface area (Å²) >= 11 is 0. The number of nitrogens with zero attached hydrogens (tertiary/aromatic N) is 2. The van der Waals surface area contributed by atoms with Crippen molar-refractivity contribution in [2.24, 2.45) is 0 Å². The van der Waals surface area contributed by atoms with Crippen LogP contribution in [0.3, 0.4) is 0 Å². The minimum absolute atomic E-state index is 0. The van der Waals surface area contributed by atoms with Crippen LogP contribution in [0.25, 0.3) is 78.1 Å². The minimum atomic E-state index is -0.637. The standard InChI is InChI=1S/C65H54F4N2O4.2CH3.Zr/c1-38(74-58-29-27-48(66)32-52(58)54-34-50(68)36-56(64(54)72)70-40(3)60(44-19-11-7-12-20-44)61(41(70)4)45-21-13-8-14-22-45)31-39(2)75-59-30-28-49(67)33-53(59)55-35-51(69)37-57(65(55)73)71-42(5)62(46-23-15-9-16-24-46)63(43(71)6)47-25-17-10-18-26-47;;;/h7-30,32-39,72-73H,31H2,1-6H3;2*1H3;/q;2*-1;/p+2/t38-,39+;;;. The Bertz CT molecular complexity index is 3360. The maximum Gasteiger partial charge on any atom is 0.263 e. The summed E-state index contributed by atoms with van der Waals surface area (Å²) in [7, 11) is 0. The largest absolute Gasteiger partial charge is 0.580 e. The molecule has 2 atom stereocenters. The predicted molar refractivity (Wildman–Crippen MR) is 306 cm³/mol. The Balaban J connectivity index is 0.00000294. The molecule has 6 nitrogen and oxygen atoms in total. The van der Waals surface area contributed by atoms with Gasteiger partial charge in [0.25, 0.3) is 11.5 Å².